The van der Waals surface area contributed by atoms with Gasteiger partial charge in [-0.15, -0.1) is 11.6 Å². The molecule has 0 spiro atoms. The van der Waals surface area contributed by atoms with Gasteiger partial charge in [0.15, 0.2) is 0 Å². The van der Waals surface area contributed by atoms with Gasteiger partial charge in [0.25, 0.3) is 0 Å². The summed E-state index contributed by atoms with van der Waals surface area (Å²) < 4.78 is 0. The van der Waals surface area contributed by atoms with Crippen LogP contribution in [0.25, 0.3) is 0 Å². The summed E-state index contributed by atoms with van der Waals surface area (Å²) in [5, 5.41) is 0.417. The van der Waals surface area contributed by atoms with Crippen molar-refractivity contribution in [2.45, 2.75) is 44.9 Å². The van der Waals surface area contributed by atoms with Gasteiger partial charge in [-0.1, -0.05) is 26.7 Å². The lowest BCUT2D eigenvalue weighted by Crippen LogP contribution is -2.07. The highest BCUT2D eigenvalue weighted by atomic mass is 35.5. The highest BCUT2D eigenvalue weighted by molar-refractivity contribution is 6.20. The minimum absolute atomic E-state index is 0.417. The van der Waals surface area contributed by atoms with Gasteiger partial charge < -0.3 is 0 Å². The van der Waals surface area contributed by atoms with Crippen molar-refractivity contribution in [1.82, 2.24) is 0 Å². The Morgan fingerprint density at radius 3 is 2.40 bits per heavy atom. The molecule has 0 N–H and O–H groups in total. The van der Waals surface area contributed by atoms with Gasteiger partial charge in [0.2, 0.25) is 0 Å². The van der Waals surface area contributed by atoms with Crippen LogP contribution in [0.4, 0.5) is 0 Å². The van der Waals surface area contributed by atoms with E-state index in [4.69, 9.17) is 11.6 Å². The average molecular weight is 161 g/mol. The zero-order chi connectivity index (χ0) is 7.56. The van der Waals surface area contributed by atoms with E-state index in [1.165, 1.54) is 25.7 Å². The second-order valence-corrected chi connectivity index (χ2v) is 4.34. The molecular weight excluding hydrogens is 144 g/mol. The Morgan fingerprint density at radius 2 is 2.00 bits per heavy atom. The fourth-order valence-electron chi connectivity index (χ4n) is 1.13. The topological polar surface area (TPSA) is 0 Å². The van der Waals surface area contributed by atoms with Crippen molar-refractivity contribution in [1.29, 1.82) is 0 Å². The Morgan fingerprint density at radius 1 is 1.40 bits per heavy atom. The Hall–Kier alpha value is 0.290. The fourth-order valence-corrected chi connectivity index (χ4v) is 1.26. The summed E-state index contributed by atoms with van der Waals surface area (Å²) in [7, 11) is 0. The summed E-state index contributed by atoms with van der Waals surface area (Å²) in [5.74, 6) is 1.69. The first-order chi connectivity index (χ1) is 4.70. The van der Waals surface area contributed by atoms with Crippen LogP contribution in [-0.4, -0.2) is 5.38 Å². The van der Waals surface area contributed by atoms with Crippen molar-refractivity contribution in [3.63, 3.8) is 0 Å². The lowest BCUT2D eigenvalue weighted by atomic mass is 10.0. The first-order valence-electron chi connectivity index (χ1n) is 4.34. The summed E-state index contributed by atoms with van der Waals surface area (Å²) in [6, 6.07) is 0. The molecule has 0 aromatic rings. The number of halogens is 1. The molecule has 1 atom stereocenters. The summed E-state index contributed by atoms with van der Waals surface area (Å²) >= 11 is 6.09. The Labute approximate surface area is 69.0 Å². The van der Waals surface area contributed by atoms with E-state index in [0.29, 0.717) is 11.3 Å². The van der Waals surface area contributed by atoms with Gasteiger partial charge in [0, 0.05) is 5.38 Å². The number of hydrogen-bond donors (Lipinski definition) is 0. The summed E-state index contributed by atoms with van der Waals surface area (Å²) in [4.78, 5) is 0. The normalized spacial score (nSPS) is 21.6. The largest absolute Gasteiger partial charge is 0.123 e. The quantitative estimate of drug-likeness (QED) is 0.553. The minimum Gasteiger partial charge on any atom is -0.123 e. The first kappa shape index (κ1) is 8.39. The third-order valence-electron chi connectivity index (χ3n) is 2.27. The van der Waals surface area contributed by atoms with E-state index in [0.717, 1.165) is 5.92 Å². The number of alkyl halides is 1. The van der Waals surface area contributed by atoms with E-state index in [-0.39, 0.29) is 0 Å². The fraction of sp³-hybridized carbons (Fsp3) is 1.00. The van der Waals surface area contributed by atoms with E-state index in [1.54, 1.807) is 0 Å². The second-order valence-electron chi connectivity index (χ2n) is 3.78. The highest BCUT2D eigenvalue weighted by Crippen LogP contribution is 2.35. The predicted molar refractivity (Wildman–Crippen MR) is 46.4 cm³/mol. The molecule has 1 rings (SSSR count). The van der Waals surface area contributed by atoms with Crippen LogP contribution in [0.1, 0.15) is 39.5 Å². The molecule has 1 unspecified atom stereocenters. The standard InChI is InChI=1S/C9H17Cl/c1-7(2)9(10)6-5-8-3-4-8/h7-9H,3-6H2,1-2H3. The molecule has 0 bridgehead atoms. The Bertz CT molecular complexity index is 94.9. The van der Waals surface area contributed by atoms with Crippen molar-refractivity contribution < 1.29 is 0 Å². The molecule has 0 saturated heterocycles. The molecule has 0 nitrogen and oxygen atoms in total. The van der Waals surface area contributed by atoms with Crippen LogP contribution in [-0.2, 0) is 0 Å². The molecule has 1 aliphatic rings. The van der Waals surface area contributed by atoms with Crippen LogP contribution in [0.3, 0.4) is 0 Å². The maximum atomic E-state index is 6.09. The Kier molecular flexibility index (Phi) is 3.03. The number of rotatable bonds is 4. The van der Waals surface area contributed by atoms with E-state index in [9.17, 15) is 0 Å². The third kappa shape index (κ3) is 2.92. The van der Waals surface area contributed by atoms with E-state index < -0.39 is 0 Å². The van der Waals surface area contributed by atoms with Crippen molar-refractivity contribution in [2.75, 3.05) is 0 Å². The molecule has 60 valence electrons. The van der Waals surface area contributed by atoms with Gasteiger partial charge in [-0.05, 0) is 24.7 Å². The zero-order valence-corrected chi connectivity index (χ0v) is 7.69. The van der Waals surface area contributed by atoms with Crippen LogP contribution in [0, 0.1) is 11.8 Å². The van der Waals surface area contributed by atoms with Gasteiger partial charge in [-0.3, -0.25) is 0 Å². The van der Waals surface area contributed by atoms with Crippen molar-refractivity contribution >= 4 is 11.6 Å². The summed E-state index contributed by atoms with van der Waals surface area (Å²) in [6.07, 6.45) is 5.51. The smallest absolute Gasteiger partial charge is 0.0359 e. The zero-order valence-electron chi connectivity index (χ0n) is 6.94. The van der Waals surface area contributed by atoms with Crippen LogP contribution in [0.15, 0.2) is 0 Å². The van der Waals surface area contributed by atoms with Crippen molar-refractivity contribution in [3.8, 4) is 0 Å². The molecular formula is C9H17Cl. The van der Waals surface area contributed by atoms with Crippen LogP contribution in [0.2, 0.25) is 0 Å². The molecule has 0 aliphatic heterocycles. The van der Waals surface area contributed by atoms with Gasteiger partial charge in [-0.25, -0.2) is 0 Å². The molecule has 10 heavy (non-hydrogen) atoms. The van der Waals surface area contributed by atoms with Gasteiger partial charge in [0.1, 0.15) is 0 Å². The summed E-state index contributed by atoms with van der Waals surface area (Å²) in [5.41, 5.74) is 0. The van der Waals surface area contributed by atoms with Gasteiger partial charge in [-0.2, -0.15) is 0 Å². The molecule has 1 aliphatic carbocycles. The molecule has 1 fully saturated rings. The van der Waals surface area contributed by atoms with E-state index >= 15 is 0 Å². The molecule has 0 aromatic carbocycles. The lowest BCUT2D eigenvalue weighted by molar-refractivity contribution is 0.529. The first-order valence-corrected chi connectivity index (χ1v) is 4.78. The molecule has 0 heterocycles. The van der Waals surface area contributed by atoms with Crippen molar-refractivity contribution in [2.24, 2.45) is 11.8 Å². The van der Waals surface area contributed by atoms with Crippen LogP contribution < -0.4 is 0 Å². The average Bonchev–Trinajstić information content (AvgIpc) is 2.64. The molecule has 0 aromatic heterocycles. The van der Waals surface area contributed by atoms with Gasteiger partial charge in [0.05, 0.1) is 0 Å². The van der Waals surface area contributed by atoms with E-state index in [2.05, 4.69) is 13.8 Å². The SMILES string of the molecule is CC(C)C(Cl)CCC1CC1. The molecule has 1 saturated carbocycles. The highest BCUT2D eigenvalue weighted by Gasteiger charge is 2.22. The second kappa shape index (κ2) is 3.61. The summed E-state index contributed by atoms with van der Waals surface area (Å²) in [6.45, 7) is 4.40. The van der Waals surface area contributed by atoms with Crippen molar-refractivity contribution in [3.05, 3.63) is 0 Å². The number of hydrogen-bond acceptors (Lipinski definition) is 0. The molecule has 0 radical (unpaired) electrons. The maximum absolute atomic E-state index is 6.09. The maximum Gasteiger partial charge on any atom is 0.0359 e. The minimum atomic E-state index is 0.417. The Balaban J connectivity index is 1.99. The predicted octanol–water partition coefficient (Wildman–Crippen LogP) is 3.44. The van der Waals surface area contributed by atoms with Gasteiger partial charge >= 0.3 is 0 Å². The van der Waals surface area contributed by atoms with E-state index in [1.807, 2.05) is 0 Å². The molecule has 1 heteroatoms. The monoisotopic (exact) mass is 160 g/mol. The van der Waals surface area contributed by atoms with Crippen LogP contribution in [0.5, 0.6) is 0 Å². The van der Waals surface area contributed by atoms with Crippen LogP contribution >= 0.6 is 11.6 Å². The lowest BCUT2D eigenvalue weighted by Gasteiger charge is -2.11. The molecule has 0 amide bonds. The third-order valence-corrected chi connectivity index (χ3v) is 2.99.